The summed E-state index contributed by atoms with van der Waals surface area (Å²) in [7, 11) is 2.07. The number of nitrogens with zero attached hydrogens (tertiary/aromatic N) is 1. The van der Waals surface area contributed by atoms with Gasteiger partial charge >= 0.3 is 0 Å². The predicted molar refractivity (Wildman–Crippen MR) is 83.2 cm³/mol. The lowest BCUT2D eigenvalue weighted by atomic mass is 10.1. The molecule has 0 radical (unpaired) electrons. The molecule has 0 unspecified atom stereocenters. The van der Waals surface area contributed by atoms with Crippen LogP contribution in [0.3, 0.4) is 0 Å². The molecule has 0 aliphatic rings. The molecular formula is C13H22N2OS2. The van der Waals surface area contributed by atoms with E-state index in [0.717, 1.165) is 22.9 Å². The van der Waals surface area contributed by atoms with Crippen molar-refractivity contribution in [2.45, 2.75) is 32.1 Å². The molecule has 0 aliphatic carbocycles. The van der Waals surface area contributed by atoms with Gasteiger partial charge in [-0.2, -0.15) is 0 Å². The zero-order valence-corrected chi connectivity index (χ0v) is 13.4. The molecule has 102 valence electrons. The normalized spacial score (nSPS) is 11.0. The number of thioether (sulfide) groups is 1. The van der Waals surface area contributed by atoms with Gasteiger partial charge in [0.05, 0.1) is 15.5 Å². The topological polar surface area (TPSA) is 46.3 Å². The molecule has 0 bridgehead atoms. The number of anilines is 2. The SMILES string of the molecule is CSc1c(N(C)CCC(C)C)sc(C(C)=O)c1N. The zero-order chi connectivity index (χ0) is 13.9. The van der Waals surface area contributed by atoms with Crippen LogP contribution >= 0.6 is 23.1 Å². The van der Waals surface area contributed by atoms with Gasteiger partial charge in [-0.05, 0) is 18.6 Å². The molecule has 3 nitrogen and oxygen atoms in total. The minimum atomic E-state index is 0.0521. The molecule has 1 aromatic heterocycles. The summed E-state index contributed by atoms with van der Waals surface area (Å²) in [6, 6.07) is 0. The van der Waals surface area contributed by atoms with Gasteiger partial charge < -0.3 is 10.6 Å². The molecule has 0 aromatic carbocycles. The molecule has 1 heterocycles. The Morgan fingerprint density at radius 3 is 2.56 bits per heavy atom. The van der Waals surface area contributed by atoms with Crippen molar-refractivity contribution in [3.05, 3.63) is 4.88 Å². The molecule has 0 amide bonds. The molecule has 2 N–H and O–H groups in total. The van der Waals surface area contributed by atoms with E-state index in [0.29, 0.717) is 16.5 Å². The number of carbonyl (C=O) groups is 1. The van der Waals surface area contributed by atoms with Gasteiger partial charge in [0.1, 0.15) is 5.00 Å². The van der Waals surface area contributed by atoms with Crippen LogP contribution in [0.4, 0.5) is 10.7 Å². The highest BCUT2D eigenvalue weighted by Crippen LogP contribution is 2.43. The van der Waals surface area contributed by atoms with Crippen molar-refractivity contribution in [2.75, 3.05) is 30.5 Å². The zero-order valence-electron chi connectivity index (χ0n) is 11.7. The third kappa shape index (κ3) is 3.42. The van der Waals surface area contributed by atoms with Gasteiger partial charge in [0.2, 0.25) is 0 Å². The van der Waals surface area contributed by atoms with Crippen LogP contribution in [0.15, 0.2) is 4.90 Å². The summed E-state index contributed by atoms with van der Waals surface area (Å²) in [5.74, 6) is 0.728. The summed E-state index contributed by atoms with van der Waals surface area (Å²) < 4.78 is 0. The highest BCUT2D eigenvalue weighted by Gasteiger charge is 2.20. The first-order valence-corrected chi connectivity index (χ1v) is 8.10. The second kappa shape index (κ2) is 6.48. The fourth-order valence-electron chi connectivity index (χ4n) is 1.68. The largest absolute Gasteiger partial charge is 0.396 e. The first-order valence-electron chi connectivity index (χ1n) is 6.06. The summed E-state index contributed by atoms with van der Waals surface area (Å²) in [6.45, 7) is 6.99. The fraction of sp³-hybridized carbons (Fsp3) is 0.615. The van der Waals surface area contributed by atoms with Crippen molar-refractivity contribution in [1.29, 1.82) is 0 Å². The van der Waals surface area contributed by atoms with Crippen molar-refractivity contribution in [3.63, 3.8) is 0 Å². The van der Waals surface area contributed by atoms with Gasteiger partial charge in [-0.1, -0.05) is 13.8 Å². The van der Waals surface area contributed by atoms with E-state index in [2.05, 4.69) is 25.8 Å². The molecule has 0 spiro atoms. The van der Waals surface area contributed by atoms with Gasteiger partial charge in [-0.15, -0.1) is 23.1 Å². The number of thiophene rings is 1. The number of nitrogens with two attached hydrogens (primary N) is 1. The minimum absolute atomic E-state index is 0.0521. The van der Waals surface area contributed by atoms with Crippen LogP contribution in [-0.2, 0) is 0 Å². The second-order valence-electron chi connectivity index (χ2n) is 4.84. The van der Waals surface area contributed by atoms with E-state index >= 15 is 0 Å². The van der Waals surface area contributed by atoms with E-state index in [9.17, 15) is 4.79 Å². The summed E-state index contributed by atoms with van der Waals surface area (Å²) in [5, 5.41) is 1.12. The highest BCUT2D eigenvalue weighted by atomic mass is 32.2. The van der Waals surface area contributed by atoms with Crippen LogP contribution in [0.5, 0.6) is 0 Å². The highest BCUT2D eigenvalue weighted by molar-refractivity contribution is 7.99. The molecule has 0 atom stereocenters. The van der Waals surface area contributed by atoms with Crippen LogP contribution < -0.4 is 10.6 Å². The fourth-order valence-corrected chi connectivity index (χ4v) is 3.77. The van der Waals surface area contributed by atoms with E-state index in [1.165, 1.54) is 11.3 Å². The standard InChI is InChI=1S/C13H22N2OS2/c1-8(2)6-7-15(4)13-12(17-5)10(14)11(18-13)9(3)16/h8H,6-7,14H2,1-5H3. The van der Waals surface area contributed by atoms with Gasteiger partial charge in [0.15, 0.2) is 5.78 Å². The maximum atomic E-state index is 11.5. The number of nitrogen functional groups attached to an aromatic ring is 1. The van der Waals surface area contributed by atoms with E-state index in [1.807, 2.05) is 6.26 Å². The molecule has 18 heavy (non-hydrogen) atoms. The number of hydrogen-bond donors (Lipinski definition) is 1. The Morgan fingerprint density at radius 2 is 2.11 bits per heavy atom. The van der Waals surface area contributed by atoms with Crippen molar-refractivity contribution in [3.8, 4) is 0 Å². The summed E-state index contributed by atoms with van der Waals surface area (Å²) in [4.78, 5) is 15.5. The Kier molecular flexibility index (Phi) is 5.53. The Labute approximate surface area is 118 Å². The summed E-state index contributed by atoms with van der Waals surface area (Å²) >= 11 is 3.12. The third-order valence-corrected chi connectivity index (χ3v) is 5.17. The number of ketones is 1. The van der Waals surface area contributed by atoms with Gasteiger partial charge in [0.25, 0.3) is 0 Å². The molecule has 5 heteroatoms. The Bertz CT molecular complexity index is 427. The van der Waals surface area contributed by atoms with Gasteiger partial charge in [-0.3, -0.25) is 4.79 Å². The molecule has 1 rings (SSSR count). The maximum absolute atomic E-state index is 11.5. The first kappa shape index (κ1) is 15.4. The van der Waals surface area contributed by atoms with Crippen LogP contribution in [0, 0.1) is 5.92 Å². The van der Waals surface area contributed by atoms with Gasteiger partial charge in [0, 0.05) is 20.5 Å². The monoisotopic (exact) mass is 286 g/mol. The number of carbonyl (C=O) groups excluding carboxylic acids is 1. The van der Waals surface area contributed by atoms with Crippen molar-refractivity contribution in [1.82, 2.24) is 0 Å². The summed E-state index contributed by atoms with van der Waals surface area (Å²) in [5.41, 5.74) is 6.70. The number of rotatable bonds is 6. The minimum Gasteiger partial charge on any atom is -0.396 e. The number of Topliss-reactive ketones (excluding diaryl/α,β-unsaturated/α-hetero) is 1. The predicted octanol–water partition coefficient (Wildman–Crippen LogP) is 3.74. The lowest BCUT2D eigenvalue weighted by molar-refractivity contribution is 0.102. The number of hydrogen-bond acceptors (Lipinski definition) is 5. The lowest BCUT2D eigenvalue weighted by Crippen LogP contribution is -2.19. The van der Waals surface area contributed by atoms with Crippen LogP contribution in [0.1, 0.15) is 36.9 Å². The average molecular weight is 286 g/mol. The quantitative estimate of drug-likeness (QED) is 0.639. The van der Waals surface area contributed by atoms with Crippen LogP contribution in [0.25, 0.3) is 0 Å². The van der Waals surface area contributed by atoms with Crippen molar-refractivity contribution < 1.29 is 4.79 Å². The van der Waals surface area contributed by atoms with E-state index in [1.54, 1.807) is 18.7 Å². The average Bonchev–Trinajstić information content (AvgIpc) is 2.63. The molecule has 0 fully saturated rings. The second-order valence-corrected chi connectivity index (χ2v) is 6.66. The van der Waals surface area contributed by atoms with E-state index in [4.69, 9.17) is 5.73 Å². The van der Waals surface area contributed by atoms with E-state index < -0.39 is 0 Å². The molecule has 0 aliphatic heterocycles. The van der Waals surface area contributed by atoms with Gasteiger partial charge in [-0.25, -0.2) is 0 Å². The van der Waals surface area contributed by atoms with Crippen LogP contribution in [-0.4, -0.2) is 25.6 Å². The van der Waals surface area contributed by atoms with Crippen LogP contribution in [0.2, 0.25) is 0 Å². The molecule has 1 aromatic rings. The Morgan fingerprint density at radius 1 is 1.50 bits per heavy atom. The third-order valence-electron chi connectivity index (χ3n) is 2.79. The molecular weight excluding hydrogens is 264 g/mol. The van der Waals surface area contributed by atoms with Crippen molar-refractivity contribution in [2.24, 2.45) is 5.92 Å². The lowest BCUT2D eigenvalue weighted by Gasteiger charge is -2.19. The Balaban J connectivity index is 3.00. The summed E-state index contributed by atoms with van der Waals surface area (Å²) in [6.07, 6.45) is 3.14. The first-order chi connectivity index (χ1) is 8.38. The maximum Gasteiger partial charge on any atom is 0.171 e. The van der Waals surface area contributed by atoms with E-state index in [-0.39, 0.29) is 5.78 Å². The van der Waals surface area contributed by atoms with Crippen molar-refractivity contribution >= 4 is 39.6 Å². The Hall–Kier alpha value is -0.680. The molecule has 0 saturated heterocycles. The smallest absolute Gasteiger partial charge is 0.171 e. The molecule has 0 saturated carbocycles.